The summed E-state index contributed by atoms with van der Waals surface area (Å²) in [6.45, 7) is 3.05. The van der Waals surface area contributed by atoms with Crippen molar-refractivity contribution in [2.24, 2.45) is 0 Å². The number of anilines is 1. The van der Waals surface area contributed by atoms with Crippen molar-refractivity contribution in [1.82, 2.24) is 14.7 Å². The van der Waals surface area contributed by atoms with Gasteiger partial charge < -0.3 is 20.1 Å². The van der Waals surface area contributed by atoms with Crippen LogP contribution >= 0.6 is 0 Å². The molecular formula is C27H27FN4O3. The molecule has 8 heteroatoms. The van der Waals surface area contributed by atoms with Gasteiger partial charge in [0.05, 0.1) is 30.4 Å². The van der Waals surface area contributed by atoms with Crippen LogP contribution in [-0.4, -0.2) is 41.6 Å². The molecule has 1 aliphatic rings. The van der Waals surface area contributed by atoms with Crippen LogP contribution in [0.2, 0.25) is 0 Å². The monoisotopic (exact) mass is 474 g/mol. The van der Waals surface area contributed by atoms with E-state index < -0.39 is 0 Å². The number of benzene rings is 2. The molecule has 2 aromatic heterocycles. The molecule has 1 saturated carbocycles. The SMILES string of the molecule is COCCNc1cc(Oc2cccc(F)c2)cn2c(-c3ccc(C(=O)NC4CC4)c(C)c3)cnc12. The summed E-state index contributed by atoms with van der Waals surface area (Å²) in [6.07, 6.45) is 5.71. The maximum Gasteiger partial charge on any atom is 0.251 e. The fourth-order valence-electron chi connectivity index (χ4n) is 3.98. The zero-order chi connectivity index (χ0) is 24.4. The van der Waals surface area contributed by atoms with Gasteiger partial charge in [0.15, 0.2) is 5.65 Å². The Kier molecular flexibility index (Phi) is 6.37. The quantitative estimate of drug-likeness (QED) is 0.327. The van der Waals surface area contributed by atoms with Gasteiger partial charge in [-0.05, 0) is 49.6 Å². The highest BCUT2D eigenvalue weighted by Crippen LogP contribution is 2.32. The molecule has 0 spiro atoms. The van der Waals surface area contributed by atoms with Crippen LogP contribution in [-0.2, 0) is 4.74 Å². The molecular weight excluding hydrogens is 447 g/mol. The number of hydrogen-bond donors (Lipinski definition) is 2. The number of imidazole rings is 1. The van der Waals surface area contributed by atoms with Gasteiger partial charge >= 0.3 is 0 Å². The minimum atomic E-state index is -0.369. The van der Waals surface area contributed by atoms with Crippen molar-refractivity contribution in [2.45, 2.75) is 25.8 Å². The maximum absolute atomic E-state index is 13.7. The fourth-order valence-corrected chi connectivity index (χ4v) is 3.98. The van der Waals surface area contributed by atoms with E-state index in [9.17, 15) is 9.18 Å². The molecule has 5 rings (SSSR count). The lowest BCUT2D eigenvalue weighted by Gasteiger charge is -2.13. The molecule has 0 unspecified atom stereocenters. The third-order valence-corrected chi connectivity index (χ3v) is 5.91. The number of aromatic nitrogens is 2. The Morgan fingerprint density at radius 1 is 1.17 bits per heavy atom. The van der Waals surface area contributed by atoms with Crippen molar-refractivity contribution in [3.63, 3.8) is 0 Å². The number of hydrogen-bond acceptors (Lipinski definition) is 5. The van der Waals surface area contributed by atoms with Crippen molar-refractivity contribution in [2.75, 3.05) is 25.6 Å². The molecule has 4 aromatic rings. The first kappa shape index (κ1) is 22.9. The molecule has 35 heavy (non-hydrogen) atoms. The standard InChI is InChI=1S/C27H27FN4O3/c1-17-12-18(6-9-23(17)27(33)31-20-7-8-20)25-15-30-26-24(29-10-11-34-2)14-22(16-32(25)26)35-21-5-3-4-19(28)13-21/h3-6,9,12-16,20,29H,7-8,10-11H2,1-2H3,(H,31,33). The van der Waals surface area contributed by atoms with Crippen molar-refractivity contribution in [1.29, 1.82) is 0 Å². The van der Waals surface area contributed by atoms with Crippen molar-refractivity contribution < 1.29 is 18.7 Å². The largest absolute Gasteiger partial charge is 0.456 e. The molecule has 1 aliphatic carbocycles. The highest BCUT2D eigenvalue weighted by Gasteiger charge is 2.24. The lowest BCUT2D eigenvalue weighted by atomic mass is 10.0. The van der Waals surface area contributed by atoms with Crippen LogP contribution in [0.4, 0.5) is 10.1 Å². The first-order valence-corrected chi connectivity index (χ1v) is 11.6. The number of nitrogens with zero attached hydrogens (tertiary/aromatic N) is 2. The molecule has 1 amide bonds. The highest BCUT2D eigenvalue weighted by atomic mass is 19.1. The van der Waals surface area contributed by atoms with E-state index in [0.29, 0.717) is 36.3 Å². The number of carbonyl (C=O) groups is 1. The maximum atomic E-state index is 13.7. The second-order valence-corrected chi connectivity index (χ2v) is 8.68. The van der Waals surface area contributed by atoms with E-state index >= 15 is 0 Å². The fraction of sp³-hybridized carbons (Fsp3) is 0.259. The van der Waals surface area contributed by atoms with Gasteiger partial charge in [-0.25, -0.2) is 9.37 Å². The number of nitrogens with one attached hydrogen (secondary N) is 2. The third-order valence-electron chi connectivity index (χ3n) is 5.91. The number of carbonyl (C=O) groups excluding carboxylic acids is 1. The minimum absolute atomic E-state index is 0.0369. The predicted octanol–water partition coefficient (Wildman–Crippen LogP) is 5.19. The van der Waals surface area contributed by atoms with Gasteiger partial charge in [-0.1, -0.05) is 12.1 Å². The van der Waals surface area contributed by atoms with E-state index in [2.05, 4.69) is 15.6 Å². The Labute approximate surface area is 202 Å². The Morgan fingerprint density at radius 3 is 2.77 bits per heavy atom. The van der Waals surface area contributed by atoms with Crippen LogP contribution in [0, 0.1) is 12.7 Å². The van der Waals surface area contributed by atoms with E-state index in [1.165, 1.54) is 12.1 Å². The van der Waals surface area contributed by atoms with Crippen LogP contribution in [0.15, 0.2) is 60.9 Å². The van der Waals surface area contributed by atoms with Crippen molar-refractivity contribution in [3.05, 3.63) is 77.9 Å². The average Bonchev–Trinajstić information content (AvgIpc) is 3.54. The van der Waals surface area contributed by atoms with E-state index in [0.717, 1.165) is 41.0 Å². The lowest BCUT2D eigenvalue weighted by Crippen LogP contribution is -2.26. The molecule has 2 heterocycles. The molecule has 180 valence electrons. The van der Waals surface area contributed by atoms with E-state index in [1.54, 1.807) is 25.4 Å². The number of rotatable bonds is 9. The van der Waals surface area contributed by atoms with Gasteiger partial charge in [0.1, 0.15) is 17.3 Å². The van der Waals surface area contributed by atoms with Crippen LogP contribution in [0.1, 0.15) is 28.8 Å². The molecule has 0 aliphatic heterocycles. The van der Waals surface area contributed by atoms with Crippen LogP contribution < -0.4 is 15.4 Å². The number of aryl methyl sites for hydroxylation is 1. The minimum Gasteiger partial charge on any atom is -0.456 e. The summed E-state index contributed by atoms with van der Waals surface area (Å²) in [4.78, 5) is 17.2. The molecule has 0 atom stereocenters. The second kappa shape index (κ2) is 9.76. The van der Waals surface area contributed by atoms with E-state index in [4.69, 9.17) is 9.47 Å². The van der Waals surface area contributed by atoms with Crippen LogP contribution in [0.5, 0.6) is 11.5 Å². The normalized spacial score (nSPS) is 13.1. The number of amides is 1. The summed E-state index contributed by atoms with van der Waals surface area (Å²) in [6, 6.07) is 13.9. The van der Waals surface area contributed by atoms with Gasteiger partial charge in [0.2, 0.25) is 0 Å². The Bertz CT molecular complexity index is 1380. The number of halogens is 1. The van der Waals surface area contributed by atoms with Crippen molar-refractivity contribution in [3.8, 4) is 22.8 Å². The first-order chi connectivity index (χ1) is 17.0. The molecule has 2 aromatic carbocycles. The zero-order valence-electron chi connectivity index (χ0n) is 19.7. The van der Waals surface area contributed by atoms with Crippen molar-refractivity contribution >= 4 is 17.2 Å². The Morgan fingerprint density at radius 2 is 2.03 bits per heavy atom. The molecule has 0 saturated heterocycles. The number of ether oxygens (including phenoxy) is 2. The number of methoxy groups -OCH3 is 1. The summed E-state index contributed by atoms with van der Waals surface area (Å²) >= 11 is 0. The molecule has 0 radical (unpaired) electrons. The molecule has 7 nitrogen and oxygen atoms in total. The van der Waals surface area contributed by atoms with Gasteiger partial charge in [0.25, 0.3) is 5.91 Å². The molecule has 2 N–H and O–H groups in total. The van der Waals surface area contributed by atoms with Gasteiger partial charge in [0, 0.05) is 43.0 Å². The summed E-state index contributed by atoms with van der Waals surface area (Å²) < 4.78 is 26.8. The van der Waals surface area contributed by atoms with E-state index in [-0.39, 0.29) is 11.7 Å². The summed E-state index contributed by atoms with van der Waals surface area (Å²) in [5, 5.41) is 6.38. The number of fused-ring (bicyclic) bond motifs is 1. The lowest BCUT2D eigenvalue weighted by molar-refractivity contribution is 0.0950. The highest BCUT2D eigenvalue weighted by molar-refractivity contribution is 5.96. The van der Waals surface area contributed by atoms with Gasteiger partial charge in [-0.3, -0.25) is 9.20 Å². The third kappa shape index (κ3) is 5.12. The van der Waals surface area contributed by atoms with Crippen LogP contribution in [0.25, 0.3) is 16.9 Å². The average molecular weight is 475 g/mol. The Hall–Kier alpha value is -3.91. The molecule has 1 fully saturated rings. The molecule has 0 bridgehead atoms. The van der Waals surface area contributed by atoms with Crippen LogP contribution in [0.3, 0.4) is 0 Å². The summed E-state index contributed by atoms with van der Waals surface area (Å²) in [5.74, 6) is 0.520. The number of pyridine rings is 1. The Balaban J connectivity index is 1.52. The summed E-state index contributed by atoms with van der Waals surface area (Å²) in [5.41, 5.74) is 4.81. The zero-order valence-corrected chi connectivity index (χ0v) is 19.7. The predicted molar refractivity (Wildman–Crippen MR) is 133 cm³/mol. The second-order valence-electron chi connectivity index (χ2n) is 8.68. The first-order valence-electron chi connectivity index (χ1n) is 11.6. The summed E-state index contributed by atoms with van der Waals surface area (Å²) in [7, 11) is 1.64. The topological polar surface area (TPSA) is 76.9 Å². The van der Waals surface area contributed by atoms with Gasteiger partial charge in [-0.15, -0.1) is 0 Å². The van der Waals surface area contributed by atoms with E-state index in [1.807, 2.05) is 41.8 Å². The van der Waals surface area contributed by atoms with Gasteiger partial charge in [-0.2, -0.15) is 0 Å². The smallest absolute Gasteiger partial charge is 0.251 e.